The van der Waals surface area contributed by atoms with Crippen LogP contribution >= 0.6 is 0 Å². The summed E-state index contributed by atoms with van der Waals surface area (Å²) < 4.78 is 0. The Hall–Kier alpha value is -1.36. The van der Waals surface area contributed by atoms with E-state index in [1.807, 2.05) is 27.7 Å². The summed E-state index contributed by atoms with van der Waals surface area (Å²) in [6.07, 6.45) is 1.19. The van der Waals surface area contributed by atoms with Crippen molar-refractivity contribution < 1.29 is 5.11 Å². The molecule has 0 fully saturated rings. The predicted octanol–water partition coefficient (Wildman–Crippen LogP) is 1.96. The third-order valence-corrected chi connectivity index (χ3v) is 2.83. The molecule has 0 aliphatic heterocycles. The van der Waals surface area contributed by atoms with Gasteiger partial charge in [0.05, 0.1) is 6.10 Å². The predicted molar refractivity (Wildman–Crippen MR) is 75.1 cm³/mol. The van der Waals surface area contributed by atoms with Gasteiger partial charge in [0, 0.05) is 25.1 Å². The van der Waals surface area contributed by atoms with Gasteiger partial charge in [0.25, 0.3) is 0 Å². The van der Waals surface area contributed by atoms with E-state index < -0.39 is 0 Å². The maximum atomic E-state index is 9.59. The van der Waals surface area contributed by atoms with Gasteiger partial charge in [-0.15, -0.1) is 0 Å². The SMILES string of the molecule is CCNc1nc(CC)nc(NCC(O)CC)c1C. The second-order valence-electron chi connectivity index (χ2n) is 4.29. The number of hydrogen-bond donors (Lipinski definition) is 3. The van der Waals surface area contributed by atoms with Gasteiger partial charge in [0.15, 0.2) is 0 Å². The molecule has 102 valence electrons. The van der Waals surface area contributed by atoms with Gasteiger partial charge in [-0.1, -0.05) is 13.8 Å². The molecule has 0 saturated heterocycles. The number of aromatic nitrogens is 2. The molecule has 0 aromatic carbocycles. The minimum Gasteiger partial charge on any atom is -0.391 e. The number of nitrogens with zero attached hydrogens (tertiary/aromatic N) is 2. The molecule has 0 saturated carbocycles. The van der Waals surface area contributed by atoms with Crippen LogP contribution in [-0.4, -0.2) is 34.3 Å². The molecule has 0 aliphatic carbocycles. The molecular weight excluding hydrogens is 228 g/mol. The van der Waals surface area contributed by atoms with Crippen LogP contribution in [0.5, 0.6) is 0 Å². The van der Waals surface area contributed by atoms with Crippen LogP contribution in [0.2, 0.25) is 0 Å². The summed E-state index contributed by atoms with van der Waals surface area (Å²) in [5.41, 5.74) is 0.998. The molecule has 1 unspecified atom stereocenters. The quantitative estimate of drug-likeness (QED) is 0.692. The van der Waals surface area contributed by atoms with Crippen LogP contribution in [0, 0.1) is 6.92 Å². The van der Waals surface area contributed by atoms with E-state index >= 15 is 0 Å². The Morgan fingerprint density at radius 3 is 2.22 bits per heavy atom. The Labute approximate surface area is 109 Å². The average molecular weight is 252 g/mol. The smallest absolute Gasteiger partial charge is 0.134 e. The van der Waals surface area contributed by atoms with Gasteiger partial charge in [-0.05, 0) is 20.3 Å². The molecule has 0 radical (unpaired) electrons. The van der Waals surface area contributed by atoms with Crippen molar-refractivity contribution in [2.45, 2.75) is 46.6 Å². The molecule has 18 heavy (non-hydrogen) atoms. The van der Waals surface area contributed by atoms with E-state index in [0.29, 0.717) is 6.54 Å². The highest BCUT2D eigenvalue weighted by molar-refractivity contribution is 5.57. The maximum absolute atomic E-state index is 9.59. The highest BCUT2D eigenvalue weighted by atomic mass is 16.3. The van der Waals surface area contributed by atoms with Crippen molar-refractivity contribution in [1.82, 2.24) is 9.97 Å². The van der Waals surface area contributed by atoms with E-state index in [2.05, 4.69) is 20.6 Å². The summed E-state index contributed by atoms with van der Waals surface area (Å²) in [6.45, 7) is 9.37. The molecule has 1 aromatic heterocycles. The molecule has 0 aliphatic rings. The zero-order valence-corrected chi connectivity index (χ0v) is 11.7. The molecule has 0 spiro atoms. The molecule has 5 nitrogen and oxygen atoms in total. The van der Waals surface area contributed by atoms with Crippen LogP contribution in [0.15, 0.2) is 0 Å². The summed E-state index contributed by atoms with van der Waals surface area (Å²) in [5, 5.41) is 16.0. The molecule has 1 atom stereocenters. The number of aryl methyl sites for hydroxylation is 1. The van der Waals surface area contributed by atoms with E-state index in [4.69, 9.17) is 0 Å². The fourth-order valence-electron chi connectivity index (χ4n) is 1.59. The Balaban J connectivity index is 2.90. The fraction of sp³-hybridized carbons (Fsp3) is 0.692. The Morgan fingerprint density at radius 1 is 1.11 bits per heavy atom. The molecule has 1 aromatic rings. The summed E-state index contributed by atoms with van der Waals surface area (Å²) >= 11 is 0. The largest absolute Gasteiger partial charge is 0.391 e. The average Bonchev–Trinajstić information content (AvgIpc) is 2.39. The van der Waals surface area contributed by atoms with Crippen LogP contribution in [0.1, 0.15) is 38.6 Å². The summed E-state index contributed by atoms with van der Waals surface area (Å²) in [5.74, 6) is 2.49. The summed E-state index contributed by atoms with van der Waals surface area (Å²) in [4.78, 5) is 8.93. The molecule has 0 bridgehead atoms. The van der Waals surface area contributed by atoms with Crippen molar-refractivity contribution in [2.24, 2.45) is 0 Å². The second kappa shape index (κ2) is 7.16. The third-order valence-electron chi connectivity index (χ3n) is 2.83. The minimum absolute atomic E-state index is 0.341. The van der Waals surface area contributed by atoms with Crippen LogP contribution in [0.25, 0.3) is 0 Å². The topological polar surface area (TPSA) is 70.1 Å². The molecule has 1 heterocycles. The highest BCUT2D eigenvalue weighted by Crippen LogP contribution is 2.20. The lowest BCUT2D eigenvalue weighted by Crippen LogP contribution is -2.20. The normalized spacial score (nSPS) is 12.3. The van der Waals surface area contributed by atoms with Crippen LogP contribution < -0.4 is 10.6 Å². The van der Waals surface area contributed by atoms with Gasteiger partial charge in [0.1, 0.15) is 17.5 Å². The van der Waals surface area contributed by atoms with Gasteiger partial charge in [-0.3, -0.25) is 0 Å². The number of aliphatic hydroxyl groups excluding tert-OH is 1. The summed E-state index contributed by atoms with van der Waals surface area (Å²) in [7, 11) is 0. The van der Waals surface area contributed by atoms with Crippen molar-refractivity contribution in [2.75, 3.05) is 23.7 Å². The monoisotopic (exact) mass is 252 g/mol. The van der Waals surface area contributed by atoms with Crippen molar-refractivity contribution in [3.8, 4) is 0 Å². The van der Waals surface area contributed by atoms with Crippen LogP contribution in [-0.2, 0) is 6.42 Å². The molecule has 5 heteroatoms. The standard InChI is InChI=1S/C13H24N4O/c1-5-10(18)8-15-13-9(4)12(14-7-3)16-11(6-2)17-13/h10,18H,5-8H2,1-4H3,(H2,14,15,16,17). The molecule has 1 rings (SSSR count). The molecule has 3 N–H and O–H groups in total. The lowest BCUT2D eigenvalue weighted by atomic mass is 10.2. The fourth-order valence-corrected chi connectivity index (χ4v) is 1.59. The molecular formula is C13H24N4O. The van der Waals surface area contributed by atoms with E-state index in [1.54, 1.807) is 0 Å². The lowest BCUT2D eigenvalue weighted by Gasteiger charge is -2.15. The Bertz CT molecular complexity index is 381. The van der Waals surface area contributed by atoms with E-state index in [9.17, 15) is 5.11 Å². The minimum atomic E-state index is -0.341. The lowest BCUT2D eigenvalue weighted by molar-refractivity contribution is 0.183. The zero-order chi connectivity index (χ0) is 13.5. The van der Waals surface area contributed by atoms with Crippen molar-refractivity contribution in [1.29, 1.82) is 0 Å². The van der Waals surface area contributed by atoms with E-state index in [1.165, 1.54) is 0 Å². The van der Waals surface area contributed by atoms with Gasteiger partial charge in [-0.2, -0.15) is 0 Å². The van der Waals surface area contributed by atoms with Crippen LogP contribution in [0.3, 0.4) is 0 Å². The van der Waals surface area contributed by atoms with Crippen molar-refractivity contribution in [3.05, 3.63) is 11.4 Å². The Morgan fingerprint density at radius 2 is 1.72 bits per heavy atom. The first-order valence-corrected chi connectivity index (χ1v) is 6.65. The third kappa shape index (κ3) is 3.84. The van der Waals surface area contributed by atoms with E-state index in [-0.39, 0.29) is 6.10 Å². The number of hydrogen-bond acceptors (Lipinski definition) is 5. The highest BCUT2D eigenvalue weighted by Gasteiger charge is 2.10. The van der Waals surface area contributed by atoms with Crippen molar-refractivity contribution in [3.63, 3.8) is 0 Å². The molecule has 0 amide bonds. The van der Waals surface area contributed by atoms with Crippen LogP contribution in [0.4, 0.5) is 11.6 Å². The zero-order valence-electron chi connectivity index (χ0n) is 11.7. The number of aliphatic hydroxyl groups is 1. The first kappa shape index (κ1) is 14.7. The number of nitrogens with one attached hydrogen (secondary N) is 2. The first-order chi connectivity index (χ1) is 8.62. The second-order valence-corrected chi connectivity index (χ2v) is 4.29. The number of rotatable bonds is 7. The summed E-state index contributed by atoms with van der Waals surface area (Å²) in [6, 6.07) is 0. The van der Waals surface area contributed by atoms with E-state index in [0.717, 1.165) is 42.4 Å². The van der Waals surface area contributed by atoms with Gasteiger partial charge in [0.2, 0.25) is 0 Å². The van der Waals surface area contributed by atoms with Gasteiger partial charge in [-0.25, -0.2) is 9.97 Å². The van der Waals surface area contributed by atoms with Gasteiger partial charge >= 0.3 is 0 Å². The van der Waals surface area contributed by atoms with Crippen molar-refractivity contribution >= 4 is 11.6 Å². The first-order valence-electron chi connectivity index (χ1n) is 6.65. The Kier molecular flexibility index (Phi) is 5.85. The van der Waals surface area contributed by atoms with Gasteiger partial charge < -0.3 is 15.7 Å². The maximum Gasteiger partial charge on any atom is 0.134 e. The number of anilines is 2.